The van der Waals surface area contributed by atoms with Gasteiger partial charge in [-0.3, -0.25) is 4.79 Å². The van der Waals surface area contributed by atoms with Crippen LogP contribution < -0.4 is 0 Å². The van der Waals surface area contributed by atoms with Crippen molar-refractivity contribution in [3.63, 3.8) is 0 Å². The van der Waals surface area contributed by atoms with E-state index in [0.717, 1.165) is 5.56 Å². The first kappa shape index (κ1) is 20.1. The van der Waals surface area contributed by atoms with Crippen LogP contribution in [0, 0.1) is 11.3 Å². The lowest BCUT2D eigenvalue weighted by molar-refractivity contribution is -0.137. The maximum atomic E-state index is 13.1. The molecule has 1 heterocycles. The third-order valence-electron chi connectivity index (χ3n) is 5.18. The Labute approximate surface area is 166 Å². The average molecular weight is 398 g/mol. The Kier molecular flexibility index (Phi) is 5.54. The van der Waals surface area contributed by atoms with Crippen LogP contribution in [0.15, 0.2) is 59.5 Å². The lowest BCUT2D eigenvalue weighted by atomic mass is 9.83. The number of nitriles is 1. The summed E-state index contributed by atoms with van der Waals surface area (Å²) in [5, 5.41) is 9.21. The van der Waals surface area contributed by atoms with E-state index in [-0.39, 0.29) is 29.5 Å². The minimum absolute atomic E-state index is 0.0156. The molecule has 0 aromatic heterocycles. The fraction of sp³-hybridized carbons (Fsp3) is 0.333. The third-order valence-corrected chi connectivity index (χ3v) is 7.14. The number of carbonyl (C=O) groups is 1. The van der Waals surface area contributed by atoms with E-state index in [9.17, 15) is 18.5 Å². The van der Waals surface area contributed by atoms with Crippen molar-refractivity contribution < 1.29 is 13.2 Å². The van der Waals surface area contributed by atoms with Gasteiger partial charge in [0, 0.05) is 26.2 Å². The van der Waals surface area contributed by atoms with Crippen molar-refractivity contribution in [2.45, 2.75) is 24.2 Å². The number of amides is 1. The number of sulfonamides is 1. The van der Waals surface area contributed by atoms with E-state index in [1.165, 1.54) is 16.4 Å². The summed E-state index contributed by atoms with van der Waals surface area (Å²) < 4.78 is 27.2. The molecular formula is C21H23N3O3S. The van der Waals surface area contributed by atoms with Crippen LogP contribution in [-0.4, -0.2) is 49.7 Å². The van der Waals surface area contributed by atoms with E-state index >= 15 is 0 Å². The number of piperazine rings is 1. The molecule has 1 amide bonds. The number of hydrogen-bond acceptors (Lipinski definition) is 4. The predicted molar refractivity (Wildman–Crippen MR) is 106 cm³/mol. The molecule has 0 saturated carbocycles. The first-order valence-corrected chi connectivity index (χ1v) is 10.6. The maximum Gasteiger partial charge on any atom is 0.244 e. The van der Waals surface area contributed by atoms with E-state index in [1.807, 2.05) is 50.2 Å². The van der Waals surface area contributed by atoms with Crippen LogP contribution in [0.3, 0.4) is 0 Å². The van der Waals surface area contributed by atoms with Crippen LogP contribution in [0.4, 0.5) is 0 Å². The van der Waals surface area contributed by atoms with E-state index in [2.05, 4.69) is 0 Å². The monoisotopic (exact) mass is 397 g/mol. The highest BCUT2D eigenvalue weighted by Gasteiger charge is 2.37. The summed E-state index contributed by atoms with van der Waals surface area (Å²) in [6.45, 7) is 4.83. The van der Waals surface area contributed by atoms with Gasteiger partial charge in [-0.15, -0.1) is 0 Å². The average Bonchev–Trinajstić information content (AvgIpc) is 2.73. The molecule has 1 aliphatic rings. The highest BCUT2D eigenvalue weighted by Crippen LogP contribution is 2.27. The topological polar surface area (TPSA) is 81.5 Å². The van der Waals surface area contributed by atoms with Crippen molar-refractivity contribution in [2.24, 2.45) is 0 Å². The quantitative estimate of drug-likeness (QED) is 0.793. The summed E-state index contributed by atoms with van der Waals surface area (Å²) in [6, 6.07) is 17.7. The third kappa shape index (κ3) is 3.66. The van der Waals surface area contributed by atoms with E-state index < -0.39 is 15.4 Å². The molecule has 3 rings (SSSR count). The molecule has 0 aliphatic carbocycles. The van der Waals surface area contributed by atoms with Crippen molar-refractivity contribution >= 4 is 15.9 Å². The number of benzene rings is 2. The smallest absolute Gasteiger partial charge is 0.244 e. The molecule has 7 heteroatoms. The fourth-order valence-electron chi connectivity index (χ4n) is 3.43. The maximum absolute atomic E-state index is 13.1. The van der Waals surface area contributed by atoms with Crippen molar-refractivity contribution in [1.82, 2.24) is 9.21 Å². The van der Waals surface area contributed by atoms with Crippen LogP contribution in [-0.2, 0) is 20.2 Å². The summed E-state index contributed by atoms with van der Waals surface area (Å²) in [4.78, 5) is 14.8. The van der Waals surface area contributed by atoms with Crippen LogP contribution >= 0.6 is 0 Å². The van der Waals surface area contributed by atoms with Gasteiger partial charge >= 0.3 is 0 Å². The second-order valence-corrected chi connectivity index (χ2v) is 9.20. The van der Waals surface area contributed by atoms with Gasteiger partial charge in [0.2, 0.25) is 15.9 Å². The standard InChI is InChI=1S/C21H23N3O3S/c1-21(2,18-9-4-3-5-10-18)20(25)23-12-14-24(15-13-23)28(26,27)19-11-7-6-8-17(19)16-22/h3-11H,12-15H2,1-2H3. The van der Waals surface area contributed by atoms with Crippen molar-refractivity contribution in [1.29, 1.82) is 5.26 Å². The Hall–Kier alpha value is -2.69. The lowest BCUT2D eigenvalue weighted by Crippen LogP contribution is -2.54. The Morgan fingerprint density at radius 3 is 2.14 bits per heavy atom. The first-order chi connectivity index (χ1) is 13.3. The summed E-state index contributed by atoms with van der Waals surface area (Å²) >= 11 is 0. The van der Waals surface area contributed by atoms with Gasteiger partial charge in [-0.25, -0.2) is 8.42 Å². The molecule has 0 radical (unpaired) electrons. The zero-order valence-electron chi connectivity index (χ0n) is 16.0. The minimum atomic E-state index is -3.77. The van der Waals surface area contributed by atoms with Gasteiger partial charge in [0.15, 0.2) is 0 Å². The van der Waals surface area contributed by atoms with Crippen LogP contribution in [0.25, 0.3) is 0 Å². The number of carbonyl (C=O) groups excluding carboxylic acids is 1. The molecule has 28 heavy (non-hydrogen) atoms. The second-order valence-electron chi connectivity index (χ2n) is 7.30. The summed E-state index contributed by atoms with van der Waals surface area (Å²) in [7, 11) is -3.77. The summed E-state index contributed by atoms with van der Waals surface area (Å²) in [6.07, 6.45) is 0. The van der Waals surface area contributed by atoms with Gasteiger partial charge in [-0.1, -0.05) is 42.5 Å². The molecule has 1 aliphatic heterocycles. The number of rotatable bonds is 4. The number of nitrogens with zero attached hydrogens (tertiary/aromatic N) is 3. The molecule has 146 valence electrons. The van der Waals surface area contributed by atoms with E-state index in [4.69, 9.17) is 0 Å². The van der Waals surface area contributed by atoms with Crippen LogP contribution in [0.1, 0.15) is 25.0 Å². The SMILES string of the molecule is CC(C)(C(=O)N1CCN(S(=O)(=O)c2ccccc2C#N)CC1)c1ccccc1. The van der Waals surface area contributed by atoms with Crippen molar-refractivity contribution in [2.75, 3.05) is 26.2 Å². The molecule has 0 unspecified atom stereocenters. The fourth-order valence-corrected chi connectivity index (χ4v) is 4.99. The Morgan fingerprint density at radius 2 is 1.54 bits per heavy atom. The zero-order chi connectivity index (χ0) is 20.4. The molecule has 2 aromatic rings. The van der Waals surface area contributed by atoms with Gasteiger partial charge < -0.3 is 4.90 Å². The molecule has 0 N–H and O–H groups in total. The number of hydrogen-bond donors (Lipinski definition) is 0. The molecule has 0 atom stereocenters. The van der Waals surface area contributed by atoms with Crippen LogP contribution in [0.5, 0.6) is 0 Å². The first-order valence-electron chi connectivity index (χ1n) is 9.12. The predicted octanol–water partition coefficient (Wildman–Crippen LogP) is 2.37. The molecule has 0 bridgehead atoms. The normalized spacial score (nSPS) is 15.8. The lowest BCUT2D eigenvalue weighted by Gasteiger charge is -2.38. The summed E-state index contributed by atoms with van der Waals surface area (Å²) in [5.41, 5.74) is 0.375. The van der Waals surface area contributed by atoms with E-state index in [0.29, 0.717) is 13.1 Å². The Morgan fingerprint density at radius 1 is 0.964 bits per heavy atom. The van der Waals surface area contributed by atoms with Gasteiger partial charge in [0.1, 0.15) is 6.07 Å². The van der Waals surface area contributed by atoms with Crippen LogP contribution in [0.2, 0.25) is 0 Å². The Bertz CT molecular complexity index is 1000. The second kappa shape index (κ2) is 7.74. The molecule has 6 nitrogen and oxygen atoms in total. The van der Waals surface area contributed by atoms with Crippen molar-refractivity contribution in [3.05, 3.63) is 65.7 Å². The van der Waals surface area contributed by atoms with Crippen molar-refractivity contribution in [3.8, 4) is 6.07 Å². The summed E-state index contributed by atoms with van der Waals surface area (Å²) in [5.74, 6) is -0.0202. The van der Waals surface area contributed by atoms with E-state index in [1.54, 1.807) is 17.0 Å². The highest BCUT2D eigenvalue weighted by molar-refractivity contribution is 7.89. The molecule has 1 saturated heterocycles. The molecule has 0 spiro atoms. The van der Waals surface area contributed by atoms with Gasteiger partial charge in [0.05, 0.1) is 15.9 Å². The Balaban J connectivity index is 1.74. The minimum Gasteiger partial charge on any atom is -0.339 e. The largest absolute Gasteiger partial charge is 0.339 e. The molecular weight excluding hydrogens is 374 g/mol. The van der Waals surface area contributed by atoms with Gasteiger partial charge in [0.25, 0.3) is 0 Å². The molecule has 2 aromatic carbocycles. The molecule has 1 fully saturated rings. The van der Waals surface area contributed by atoms with Gasteiger partial charge in [-0.2, -0.15) is 9.57 Å². The zero-order valence-corrected chi connectivity index (χ0v) is 16.8. The highest BCUT2D eigenvalue weighted by atomic mass is 32.2. The van der Waals surface area contributed by atoms with Gasteiger partial charge in [-0.05, 0) is 31.5 Å².